The van der Waals surface area contributed by atoms with E-state index >= 15 is 0 Å². The fourth-order valence-corrected chi connectivity index (χ4v) is 3.35. The van der Waals surface area contributed by atoms with Gasteiger partial charge in [-0.3, -0.25) is 9.48 Å². The molecule has 1 aliphatic rings. The standard InChI is InChI=1S/C17H19N5O/c1-20-11-13(10-18-20)15-5-4-8-22(15)17(23)9-14-12-21-7-3-2-6-16(21)19-14/h2-3,6-7,10-12,15H,4-5,8-9H2,1H3. The second kappa shape index (κ2) is 5.53. The summed E-state index contributed by atoms with van der Waals surface area (Å²) in [6.45, 7) is 0.811. The molecule has 4 rings (SSSR count). The van der Waals surface area contributed by atoms with Gasteiger partial charge in [0.15, 0.2) is 0 Å². The van der Waals surface area contributed by atoms with Crippen LogP contribution in [0.25, 0.3) is 5.65 Å². The van der Waals surface area contributed by atoms with Crippen molar-refractivity contribution in [2.75, 3.05) is 6.54 Å². The quantitative estimate of drug-likeness (QED) is 0.743. The van der Waals surface area contributed by atoms with Crippen LogP contribution in [0.15, 0.2) is 43.0 Å². The first-order valence-corrected chi connectivity index (χ1v) is 7.91. The van der Waals surface area contributed by atoms with Crippen molar-refractivity contribution in [1.82, 2.24) is 24.1 Å². The zero-order chi connectivity index (χ0) is 15.8. The third-order valence-electron chi connectivity index (χ3n) is 4.43. The van der Waals surface area contributed by atoms with Crippen LogP contribution in [0.5, 0.6) is 0 Å². The number of hydrogen-bond acceptors (Lipinski definition) is 3. The molecular weight excluding hydrogens is 290 g/mol. The Hall–Kier alpha value is -2.63. The predicted octanol–water partition coefficient (Wildman–Crippen LogP) is 1.97. The number of fused-ring (bicyclic) bond motifs is 1. The van der Waals surface area contributed by atoms with Crippen molar-refractivity contribution in [2.24, 2.45) is 7.05 Å². The Bertz CT molecular complexity index is 816. The van der Waals surface area contributed by atoms with E-state index in [2.05, 4.69) is 10.1 Å². The highest BCUT2D eigenvalue weighted by atomic mass is 16.2. The maximum atomic E-state index is 12.7. The third-order valence-corrected chi connectivity index (χ3v) is 4.43. The topological polar surface area (TPSA) is 55.4 Å². The molecule has 1 amide bonds. The minimum absolute atomic E-state index is 0.139. The molecule has 0 aromatic carbocycles. The Kier molecular flexibility index (Phi) is 3.37. The molecule has 6 heteroatoms. The highest BCUT2D eigenvalue weighted by Crippen LogP contribution is 2.32. The lowest BCUT2D eigenvalue weighted by atomic mass is 10.1. The van der Waals surface area contributed by atoms with Gasteiger partial charge in [-0.1, -0.05) is 6.07 Å². The molecule has 118 valence electrons. The Morgan fingerprint density at radius 2 is 2.26 bits per heavy atom. The summed E-state index contributed by atoms with van der Waals surface area (Å²) in [5.74, 6) is 0.139. The number of aromatic nitrogens is 4. The monoisotopic (exact) mass is 309 g/mol. The molecule has 0 N–H and O–H groups in total. The molecule has 0 bridgehead atoms. The number of rotatable bonds is 3. The van der Waals surface area contributed by atoms with Crippen LogP contribution < -0.4 is 0 Å². The summed E-state index contributed by atoms with van der Waals surface area (Å²) in [6, 6.07) is 6.00. The number of hydrogen-bond donors (Lipinski definition) is 0. The molecule has 0 radical (unpaired) electrons. The van der Waals surface area contributed by atoms with Gasteiger partial charge in [-0.15, -0.1) is 0 Å². The molecule has 0 saturated carbocycles. The Morgan fingerprint density at radius 3 is 3.04 bits per heavy atom. The number of imidazole rings is 1. The van der Waals surface area contributed by atoms with Crippen molar-refractivity contribution >= 4 is 11.6 Å². The van der Waals surface area contributed by atoms with E-state index in [1.165, 1.54) is 0 Å². The minimum Gasteiger partial charge on any atom is -0.335 e. The largest absolute Gasteiger partial charge is 0.335 e. The number of carbonyl (C=O) groups is 1. The maximum absolute atomic E-state index is 12.7. The lowest BCUT2D eigenvalue weighted by molar-refractivity contribution is -0.131. The van der Waals surface area contributed by atoms with Crippen LogP contribution in [0.4, 0.5) is 0 Å². The van der Waals surface area contributed by atoms with E-state index in [-0.39, 0.29) is 11.9 Å². The van der Waals surface area contributed by atoms with Crippen LogP contribution >= 0.6 is 0 Å². The number of pyridine rings is 1. The molecule has 1 atom stereocenters. The van der Waals surface area contributed by atoms with Crippen molar-refractivity contribution in [1.29, 1.82) is 0 Å². The van der Waals surface area contributed by atoms with Crippen LogP contribution in [0, 0.1) is 0 Å². The van der Waals surface area contributed by atoms with Crippen molar-refractivity contribution in [3.63, 3.8) is 0 Å². The molecule has 3 aromatic rings. The first-order chi connectivity index (χ1) is 11.2. The summed E-state index contributed by atoms with van der Waals surface area (Å²) in [7, 11) is 1.90. The molecular formula is C17H19N5O. The molecule has 3 aromatic heterocycles. The van der Waals surface area contributed by atoms with E-state index in [0.717, 1.165) is 36.3 Å². The van der Waals surface area contributed by atoms with E-state index in [1.807, 2.05) is 59.3 Å². The summed E-state index contributed by atoms with van der Waals surface area (Å²) in [4.78, 5) is 19.2. The highest BCUT2D eigenvalue weighted by molar-refractivity contribution is 5.79. The molecule has 6 nitrogen and oxygen atoms in total. The van der Waals surface area contributed by atoms with Crippen molar-refractivity contribution in [2.45, 2.75) is 25.3 Å². The van der Waals surface area contributed by atoms with Gasteiger partial charge in [0.05, 0.1) is 24.4 Å². The van der Waals surface area contributed by atoms with Gasteiger partial charge in [-0.05, 0) is 25.0 Å². The van der Waals surface area contributed by atoms with Gasteiger partial charge in [-0.2, -0.15) is 5.10 Å². The Balaban J connectivity index is 1.53. The van der Waals surface area contributed by atoms with Crippen molar-refractivity contribution in [3.8, 4) is 0 Å². The summed E-state index contributed by atoms with van der Waals surface area (Å²) in [6.07, 6.45) is 10.1. The number of likely N-dealkylation sites (tertiary alicyclic amines) is 1. The predicted molar refractivity (Wildman–Crippen MR) is 85.8 cm³/mol. The fraction of sp³-hybridized carbons (Fsp3) is 0.353. The van der Waals surface area contributed by atoms with E-state index in [0.29, 0.717) is 6.42 Å². The van der Waals surface area contributed by atoms with Crippen molar-refractivity contribution in [3.05, 3.63) is 54.2 Å². The fourth-order valence-electron chi connectivity index (χ4n) is 3.35. The van der Waals surface area contributed by atoms with Crippen LogP contribution in [0.3, 0.4) is 0 Å². The van der Waals surface area contributed by atoms with Gasteiger partial charge in [-0.25, -0.2) is 4.98 Å². The Morgan fingerprint density at radius 1 is 1.35 bits per heavy atom. The number of aryl methyl sites for hydroxylation is 1. The normalized spacial score (nSPS) is 18.0. The van der Waals surface area contributed by atoms with E-state index in [9.17, 15) is 4.79 Å². The number of amides is 1. The van der Waals surface area contributed by atoms with Gasteiger partial charge in [0.25, 0.3) is 0 Å². The molecule has 1 saturated heterocycles. The molecule has 1 fully saturated rings. The van der Waals surface area contributed by atoms with Crippen molar-refractivity contribution < 1.29 is 4.79 Å². The maximum Gasteiger partial charge on any atom is 0.229 e. The summed E-state index contributed by atoms with van der Waals surface area (Å²) >= 11 is 0. The number of carbonyl (C=O) groups excluding carboxylic acids is 1. The van der Waals surface area contributed by atoms with Crippen LogP contribution in [0.1, 0.15) is 30.1 Å². The first kappa shape index (κ1) is 14.0. The zero-order valence-electron chi connectivity index (χ0n) is 13.1. The summed E-state index contributed by atoms with van der Waals surface area (Å²) in [5, 5.41) is 4.23. The number of nitrogens with zero attached hydrogens (tertiary/aromatic N) is 5. The van der Waals surface area contributed by atoms with Crippen LogP contribution in [0.2, 0.25) is 0 Å². The lowest BCUT2D eigenvalue weighted by Gasteiger charge is -2.23. The Labute approximate surface area is 134 Å². The average molecular weight is 309 g/mol. The van der Waals surface area contributed by atoms with Gasteiger partial charge >= 0.3 is 0 Å². The van der Waals surface area contributed by atoms with E-state index in [1.54, 1.807) is 4.68 Å². The second-order valence-corrected chi connectivity index (χ2v) is 6.07. The van der Waals surface area contributed by atoms with E-state index < -0.39 is 0 Å². The molecule has 1 aliphatic heterocycles. The average Bonchev–Trinajstić information content (AvgIpc) is 3.24. The molecule has 23 heavy (non-hydrogen) atoms. The van der Waals surface area contributed by atoms with E-state index in [4.69, 9.17) is 0 Å². The van der Waals surface area contributed by atoms with Crippen LogP contribution in [-0.4, -0.2) is 36.5 Å². The summed E-state index contributed by atoms with van der Waals surface area (Å²) in [5.41, 5.74) is 2.81. The smallest absolute Gasteiger partial charge is 0.229 e. The molecule has 0 aliphatic carbocycles. The molecule has 1 unspecified atom stereocenters. The third kappa shape index (κ3) is 2.60. The summed E-state index contributed by atoms with van der Waals surface area (Å²) < 4.78 is 3.74. The first-order valence-electron chi connectivity index (χ1n) is 7.91. The molecule has 0 spiro atoms. The second-order valence-electron chi connectivity index (χ2n) is 6.07. The SMILES string of the molecule is Cn1cc(C2CCCN2C(=O)Cc2cn3ccccc3n2)cn1. The van der Waals surface area contributed by atoms with Gasteiger partial charge in [0.2, 0.25) is 5.91 Å². The van der Waals surface area contributed by atoms with Gasteiger partial charge in [0, 0.05) is 37.7 Å². The zero-order valence-corrected chi connectivity index (χ0v) is 13.1. The highest BCUT2D eigenvalue weighted by Gasteiger charge is 2.30. The van der Waals surface area contributed by atoms with Gasteiger partial charge < -0.3 is 9.30 Å². The van der Waals surface area contributed by atoms with Crippen LogP contribution in [-0.2, 0) is 18.3 Å². The minimum atomic E-state index is 0.139. The van der Waals surface area contributed by atoms with Gasteiger partial charge in [0.1, 0.15) is 5.65 Å². The molecule has 4 heterocycles. The lowest BCUT2D eigenvalue weighted by Crippen LogP contribution is -2.31.